The third kappa shape index (κ3) is 4.24. The second-order valence-corrected chi connectivity index (χ2v) is 7.93. The van der Waals surface area contributed by atoms with Crippen molar-refractivity contribution < 1.29 is 14.1 Å². The van der Waals surface area contributed by atoms with Gasteiger partial charge in [-0.3, -0.25) is 9.59 Å². The Labute approximate surface area is 155 Å². The Kier molecular flexibility index (Phi) is 5.94. The molecule has 0 spiro atoms. The topological polar surface area (TPSA) is 79.5 Å². The number of likely N-dealkylation sites (N-methyl/N-ethyl adjacent to an activating group) is 1. The van der Waals surface area contributed by atoms with Crippen molar-refractivity contribution in [2.45, 2.75) is 70.8 Å². The van der Waals surface area contributed by atoms with Crippen LogP contribution >= 0.6 is 0 Å². The van der Waals surface area contributed by atoms with Gasteiger partial charge in [0.25, 0.3) is 0 Å². The third-order valence-electron chi connectivity index (χ3n) is 5.58. The maximum Gasteiger partial charge on any atom is 0.229 e. The monoisotopic (exact) mass is 362 g/mol. The van der Waals surface area contributed by atoms with Gasteiger partial charge in [-0.2, -0.15) is 4.98 Å². The predicted octanol–water partition coefficient (Wildman–Crippen LogP) is 2.38. The van der Waals surface area contributed by atoms with Crippen LogP contribution in [0.2, 0.25) is 0 Å². The number of hydrogen-bond donors (Lipinski definition) is 0. The Balaban J connectivity index is 1.52. The Bertz CT molecular complexity index is 636. The maximum absolute atomic E-state index is 12.8. The number of nitrogens with zero attached hydrogens (tertiary/aromatic N) is 4. The molecule has 1 saturated heterocycles. The number of hydrogen-bond acceptors (Lipinski definition) is 5. The Morgan fingerprint density at radius 2 is 2.04 bits per heavy atom. The van der Waals surface area contributed by atoms with Crippen LogP contribution in [0.15, 0.2) is 4.52 Å². The number of carbonyl (C=O) groups excluding carboxylic acids is 2. The van der Waals surface area contributed by atoms with Gasteiger partial charge in [-0.25, -0.2) is 0 Å². The summed E-state index contributed by atoms with van der Waals surface area (Å²) in [5.74, 6) is 1.73. The molecule has 0 aromatic carbocycles. The van der Waals surface area contributed by atoms with E-state index >= 15 is 0 Å². The van der Waals surface area contributed by atoms with Gasteiger partial charge in [0.05, 0.1) is 5.92 Å². The van der Waals surface area contributed by atoms with Gasteiger partial charge in [0.1, 0.15) is 0 Å². The Morgan fingerprint density at radius 1 is 1.31 bits per heavy atom. The van der Waals surface area contributed by atoms with E-state index in [-0.39, 0.29) is 23.7 Å². The summed E-state index contributed by atoms with van der Waals surface area (Å²) in [5, 5.41) is 3.98. The Hall–Kier alpha value is -1.92. The molecule has 7 nitrogen and oxygen atoms in total. The zero-order valence-corrected chi connectivity index (χ0v) is 16.1. The smallest absolute Gasteiger partial charge is 0.229 e. The molecular weight excluding hydrogens is 332 g/mol. The lowest BCUT2D eigenvalue weighted by Crippen LogP contribution is -2.49. The summed E-state index contributed by atoms with van der Waals surface area (Å²) in [4.78, 5) is 33.2. The van der Waals surface area contributed by atoms with Crippen LogP contribution in [0.3, 0.4) is 0 Å². The predicted molar refractivity (Wildman–Crippen MR) is 96.4 cm³/mol. The first-order valence-corrected chi connectivity index (χ1v) is 9.82. The number of amides is 2. The van der Waals surface area contributed by atoms with E-state index in [4.69, 9.17) is 4.52 Å². The minimum absolute atomic E-state index is 0.0882. The second kappa shape index (κ2) is 8.18. The van der Waals surface area contributed by atoms with E-state index < -0.39 is 0 Å². The van der Waals surface area contributed by atoms with Crippen LogP contribution < -0.4 is 0 Å². The van der Waals surface area contributed by atoms with E-state index in [9.17, 15) is 9.59 Å². The fraction of sp³-hybridized carbons (Fsp3) is 0.789. The van der Waals surface area contributed by atoms with Crippen molar-refractivity contribution in [3.63, 3.8) is 0 Å². The number of rotatable bonds is 6. The van der Waals surface area contributed by atoms with Crippen LogP contribution in [-0.4, -0.2) is 57.9 Å². The highest BCUT2D eigenvalue weighted by Crippen LogP contribution is 2.29. The summed E-state index contributed by atoms with van der Waals surface area (Å²) in [7, 11) is 1.82. The summed E-state index contributed by atoms with van der Waals surface area (Å²) in [6.07, 6.45) is 6.27. The fourth-order valence-electron chi connectivity index (χ4n) is 3.94. The number of aromatic nitrogens is 2. The minimum Gasteiger partial charge on any atom is -0.345 e. The van der Waals surface area contributed by atoms with E-state index in [0.29, 0.717) is 50.1 Å². The fourth-order valence-corrected chi connectivity index (χ4v) is 3.94. The van der Waals surface area contributed by atoms with Gasteiger partial charge in [-0.05, 0) is 19.3 Å². The molecule has 144 valence electrons. The van der Waals surface area contributed by atoms with Crippen LogP contribution in [0.5, 0.6) is 0 Å². The molecule has 2 fully saturated rings. The Morgan fingerprint density at radius 3 is 2.69 bits per heavy atom. The molecule has 0 N–H and O–H groups in total. The molecule has 2 aliphatic rings. The zero-order valence-electron chi connectivity index (χ0n) is 16.1. The summed E-state index contributed by atoms with van der Waals surface area (Å²) in [6.45, 7) is 5.15. The summed E-state index contributed by atoms with van der Waals surface area (Å²) in [5.41, 5.74) is 0. The average molecular weight is 362 g/mol. The van der Waals surface area contributed by atoms with E-state index in [2.05, 4.69) is 10.1 Å². The largest absolute Gasteiger partial charge is 0.345 e. The standard InChI is InChI=1S/C19H30N4O3/c1-13(2)18-20-16(21-26-18)10-11-22(3)19(25)14-8-9-17(24)23(12-14)15-6-4-5-7-15/h13-15H,4-12H2,1-3H3/t14-/m0/s1. The molecule has 1 aliphatic carbocycles. The molecule has 7 heteroatoms. The van der Waals surface area contributed by atoms with Gasteiger partial charge in [0, 0.05) is 44.9 Å². The van der Waals surface area contributed by atoms with E-state index in [0.717, 1.165) is 12.8 Å². The summed E-state index contributed by atoms with van der Waals surface area (Å²) < 4.78 is 5.21. The molecule has 0 bridgehead atoms. The highest BCUT2D eigenvalue weighted by atomic mass is 16.5. The second-order valence-electron chi connectivity index (χ2n) is 7.93. The number of carbonyl (C=O) groups is 2. The molecule has 0 radical (unpaired) electrons. The lowest BCUT2D eigenvalue weighted by molar-refractivity contribution is -0.144. The molecular formula is C19H30N4O3. The molecule has 0 unspecified atom stereocenters. The van der Waals surface area contributed by atoms with Crippen molar-refractivity contribution in [3.05, 3.63) is 11.7 Å². The van der Waals surface area contributed by atoms with Gasteiger partial charge in [-0.1, -0.05) is 31.8 Å². The van der Waals surface area contributed by atoms with Gasteiger partial charge in [-0.15, -0.1) is 0 Å². The van der Waals surface area contributed by atoms with Gasteiger partial charge >= 0.3 is 0 Å². The molecule has 1 aliphatic heterocycles. The van der Waals surface area contributed by atoms with Crippen LogP contribution in [-0.2, 0) is 16.0 Å². The van der Waals surface area contributed by atoms with Gasteiger partial charge in [0.15, 0.2) is 5.82 Å². The summed E-state index contributed by atoms with van der Waals surface area (Å²) >= 11 is 0. The van der Waals surface area contributed by atoms with Crippen LogP contribution in [0.4, 0.5) is 0 Å². The normalized spacial score (nSPS) is 21.6. The van der Waals surface area contributed by atoms with Crippen molar-refractivity contribution in [2.24, 2.45) is 5.92 Å². The lowest BCUT2D eigenvalue weighted by atomic mass is 9.94. The van der Waals surface area contributed by atoms with Crippen molar-refractivity contribution in [2.75, 3.05) is 20.1 Å². The molecule has 2 heterocycles. The van der Waals surface area contributed by atoms with Gasteiger partial charge in [0.2, 0.25) is 17.7 Å². The van der Waals surface area contributed by atoms with E-state index in [1.165, 1.54) is 12.8 Å². The number of piperidine rings is 1. The summed E-state index contributed by atoms with van der Waals surface area (Å²) in [6, 6.07) is 0.345. The number of likely N-dealkylation sites (tertiary alicyclic amines) is 1. The maximum atomic E-state index is 12.8. The first-order chi connectivity index (χ1) is 12.5. The SMILES string of the molecule is CC(C)c1nc(CCN(C)C(=O)[C@H]2CCC(=O)N(C3CCCC3)C2)no1. The van der Waals surface area contributed by atoms with Crippen molar-refractivity contribution >= 4 is 11.8 Å². The zero-order chi connectivity index (χ0) is 18.7. The first kappa shape index (κ1) is 18.9. The van der Waals surface area contributed by atoms with Crippen molar-refractivity contribution in [3.8, 4) is 0 Å². The van der Waals surface area contributed by atoms with Crippen LogP contribution in [0.1, 0.15) is 70.0 Å². The first-order valence-electron chi connectivity index (χ1n) is 9.82. The van der Waals surface area contributed by atoms with Crippen LogP contribution in [0, 0.1) is 5.92 Å². The molecule has 1 aromatic heterocycles. The highest BCUT2D eigenvalue weighted by molar-refractivity contribution is 5.84. The quantitative estimate of drug-likeness (QED) is 0.776. The molecule has 26 heavy (non-hydrogen) atoms. The molecule has 2 amide bonds. The van der Waals surface area contributed by atoms with E-state index in [1.807, 2.05) is 25.8 Å². The molecule has 3 rings (SSSR count). The average Bonchev–Trinajstić information content (AvgIpc) is 3.31. The van der Waals surface area contributed by atoms with Gasteiger partial charge < -0.3 is 14.3 Å². The molecule has 1 atom stereocenters. The molecule has 1 aromatic rings. The van der Waals surface area contributed by atoms with E-state index in [1.54, 1.807) is 4.90 Å². The highest BCUT2D eigenvalue weighted by Gasteiger charge is 2.36. The minimum atomic E-state index is -0.0882. The van der Waals surface area contributed by atoms with Crippen molar-refractivity contribution in [1.29, 1.82) is 0 Å². The van der Waals surface area contributed by atoms with Crippen LogP contribution in [0.25, 0.3) is 0 Å². The molecule has 1 saturated carbocycles. The third-order valence-corrected chi connectivity index (χ3v) is 5.58. The van der Waals surface area contributed by atoms with Crippen molar-refractivity contribution in [1.82, 2.24) is 19.9 Å². The lowest BCUT2D eigenvalue weighted by Gasteiger charge is -2.37.